The van der Waals surface area contributed by atoms with Crippen LogP contribution in [0.15, 0.2) is 42.5 Å². The molecule has 0 saturated heterocycles. The van der Waals surface area contributed by atoms with Crippen molar-refractivity contribution in [1.29, 1.82) is 0 Å². The Morgan fingerprint density at radius 1 is 1.31 bits per heavy atom. The van der Waals surface area contributed by atoms with Gasteiger partial charge >= 0.3 is 0 Å². The zero-order valence-electron chi connectivity index (χ0n) is 15.0. The lowest BCUT2D eigenvalue weighted by Gasteiger charge is -2.37. The van der Waals surface area contributed by atoms with Crippen LogP contribution in [0.5, 0.6) is 0 Å². The van der Waals surface area contributed by atoms with Crippen molar-refractivity contribution in [2.75, 3.05) is 11.4 Å². The molecule has 0 spiro atoms. The summed E-state index contributed by atoms with van der Waals surface area (Å²) in [4.78, 5) is 14.5. The molecule has 1 amide bonds. The highest BCUT2D eigenvalue weighted by atomic mass is 19.1. The van der Waals surface area contributed by atoms with Crippen molar-refractivity contribution in [3.8, 4) is 0 Å². The second-order valence-electron chi connectivity index (χ2n) is 6.82. The molecule has 2 aromatic carbocycles. The number of para-hydroxylation sites is 1. The van der Waals surface area contributed by atoms with E-state index in [9.17, 15) is 9.18 Å². The van der Waals surface area contributed by atoms with Crippen molar-refractivity contribution in [3.05, 3.63) is 65.0 Å². The third-order valence-electron chi connectivity index (χ3n) is 5.02. The molecule has 0 aromatic heterocycles. The number of carbonyl (C=O) groups is 1. The number of fused-ring (bicyclic) bond motifs is 1. The molecule has 2 aromatic rings. The van der Waals surface area contributed by atoms with Gasteiger partial charge in [0.15, 0.2) is 0 Å². The summed E-state index contributed by atoms with van der Waals surface area (Å²) in [6.45, 7) is 2.82. The van der Waals surface area contributed by atoms with Gasteiger partial charge in [0, 0.05) is 36.8 Å². The Balaban J connectivity index is 1.54. The van der Waals surface area contributed by atoms with E-state index in [4.69, 9.17) is 5.11 Å². The minimum absolute atomic E-state index is 0.0492. The number of carbonyl (C=O) groups excluding carboxylic acids is 1. The largest absolute Gasteiger partial charge is 0.392 e. The number of halogens is 1. The number of anilines is 1. The summed E-state index contributed by atoms with van der Waals surface area (Å²) in [7, 11) is 0. The number of aliphatic hydroxyl groups excluding tert-OH is 1. The zero-order chi connectivity index (χ0) is 18.5. The monoisotopic (exact) mass is 356 g/mol. The maximum absolute atomic E-state index is 13.7. The first-order valence-corrected chi connectivity index (χ1v) is 9.08. The lowest BCUT2D eigenvalue weighted by Crippen LogP contribution is -2.39. The molecular weight excluding hydrogens is 331 g/mol. The molecule has 1 atom stereocenters. The molecule has 138 valence electrons. The van der Waals surface area contributed by atoms with Crippen molar-refractivity contribution in [3.63, 3.8) is 0 Å². The molecule has 0 radical (unpaired) electrons. The van der Waals surface area contributed by atoms with Gasteiger partial charge in [0.05, 0.1) is 6.61 Å². The maximum atomic E-state index is 13.7. The molecule has 1 unspecified atom stereocenters. The number of aliphatic hydroxyl groups is 1. The van der Waals surface area contributed by atoms with E-state index >= 15 is 0 Å². The van der Waals surface area contributed by atoms with E-state index in [-0.39, 0.29) is 24.6 Å². The van der Waals surface area contributed by atoms with Gasteiger partial charge in [0.25, 0.3) is 0 Å². The molecule has 2 N–H and O–H groups in total. The summed E-state index contributed by atoms with van der Waals surface area (Å²) in [6, 6.07) is 13.4. The standard InChI is InChI=1S/C21H25FN2O2/c1-15-6-8-17-4-2-3-5-20(17)24(15)11-10-21(26)23-13-16-7-9-18(14-25)19(22)12-16/h2-5,7,9,12,15,25H,6,8,10-11,13-14H2,1H3,(H,23,26). The highest BCUT2D eigenvalue weighted by Gasteiger charge is 2.22. The smallest absolute Gasteiger partial charge is 0.222 e. The van der Waals surface area contributed by atoms with E-state index in [0.29, 0.717) is 24.6 Å². The Kier molecular flexibility index (Phi) is 5.89. The van der Waals surface area contributed by atoms with E-state index in [1.54, 1.807) is 12.1 Å². The van der Waals surface area contributed by atoms with E-state index in [2.05, 4.69) is 35.3 Å². The number of aryl methyl sites for hydroxylation is 1. The molecule has 3 rings (SSSR count). The average Bonchev–Trinajstić information content (AvgIpc) is 2.65. The van der Waals surface area contributed by atoms with Crippen molar-refractivity contribution in [2.45, 2.75) is 45.4 Å². The minimum atomic E-state index is -0.446. The van der Waals surface area contributed by atoms with E-state index < -0.39 is 5.82 Å². The van der Waals surface area contributed by atoms with Gasteiger partial charge in [0.2, 0.25) is 5.91 Å². The Bertz CT molecular complexity index is 778. The van der Waals surface area contributed by atoms with Gasteiger partial charge in [0.1, 0.15) is 5.82 Å². The van der Waals surface area contributed by atoms with Crippen LogP contribution < -0.4 is 10.2 Å². The fourth-order valence-electron chi connectivity index (χ4n) is 3.44. The SMILES string of the molecule is CC1CCc2ccccc2N1CCC(=O)NCc1ccc(CO)c(F)c1. The van der Waals surface area contributed by atoms with Gasteiger partial charge in [-0.15, -0.1) is 0 Å². The van der Waals surface area contributed by atoms with Gasteiger partial charge in [-0.3, -0.25) is 4.79 Å². The molecule has 1 aliphatic heterocycles. The second kappa shape index (κ2) is 8.32. The maximum Gasteiger partial charge on any atom is 0.222 e. The van der Waals surface area contributed by atoms with Crippen LogP contribution in [0.2, 0.25) is 0 Å². The molecule has 0 saturated carbocycles. The van der Waals surface area contributed by atoms with E-state index in [1.165, 1.54) is 17.3 Å². The number of hydrogen-bond donors (Lipinski definition) is 2. The quantitative estimate of drug-likeness (QED) is 0.836. The Morgan fingerprint density at radius 3 is 2.88 bits per heavy atom. The first-order chi connectivity index (χ1) is 12.6. The summed E-state index contributed by atoms with van der Waals surface area (Å²) in [5, 5.41) is 11.8. The predicted octanol–water partition coefficient (Wildman–Crippen LogP) is 3.17. The van der Waals surface area contributed by atoms with Gasteiger partial charge in [-0.1, -0.05) is 30.3 Å². The molecule has 0 aliphatic carbocycles. The highest BCUT2D eigenvalue weighted by molar-refractivity contribution is 5.76. The van der Waals surface area contributed by atoms with Crippen LogP contribution >= 0.6 is 0 Å². The molecule has 26 heavy (non-hydrogen) atoms. The molecule has 1 heterocycles. The fourth-order valence-corrected chi connectivity index (χ4v) is 3.44. The van der Waals surface area contributed by atoms with Crippen LogP contribution in [-0.4, -0.2) is 23.6 Å². The van der Waals surface area contributed by atoms with Crippen molar-refractivity contribution >= 4 is 11.6 Å². The number of rotatable bonds is 6. The van der Waals surface area contributed by atoms with E-state index in [1.807, 2.05) is 6.07 Å². The van der Waals surface area contributed by atoms with Crippen LogP contribution in [0.1, 0.15) is 36.5 Å². The number of benzene rings is 2. The summed E-state index contributed by atoms with van der Waals surface area (Å²) in [5.41, 5.74) is 3.51. The molecule has 0 fully saturated rings. The first kappa shape index (κ1) is 18.4. The summed E-state index contributed by atoms with van der Waals surface area (Å²) in [6.07, 6.45) is 2.57. The van der Waals surface area contributed by atoms with Crippen LogP contribution in [0, 0.1) is 5.82 Å². The summed E-state index contributed by atoms with van der Waals surface area (Å²) in [5.74, 6) is -0.495. The molecule has 1 aliphatic rings. The van der Waals surface area contributed by atoms with Crippen LogP contribution in [-0.2, 0) is 24.4 Å². The Morgan fingerprint density at radius 2 is 2.12 bits per heavy atom. The molecule has 5 heteroatoms. The number of nitrogens with one attached hydrogen (secondary N) is 1. The van der Waals surface area contributed by atoms with Crippen LogP contribution in [0.4, 0.5) is 10.1 Å². The van der Waals surface area contributed by atoms with E-state index in [0.717, 1.165) is 12.8 Å². The topological polar surface area (TPSA) is 52.6 Å². The minimum Gasteiger partial charge on any atom is -0.392 e. The van der Waals surface area contributed by atoms with Gasteiger partial charge in [-0.25, -0.2) is 4.39 Å². The average molecular weight is 356 g/mol. The van der Waals surface area contributed by atoms with Crippen LogP contribution in [0.3, 0.4) is 0 Å². The lowest BCUT2D eigenvalue weighted by molar-refractivity contribution is -0.121. The number of amides is 1. The van der Waals surface area contributed by atoms with Crippen molar-refractivity contribution in [2.24, 2.45) is 0 Å². The van der Waals surface area contributed by atoms with Crippen molar-refractivity contribution < 1.29 is 14.3 Å². The predicted molar refractivity (Wildman–Crippen MR) is 100 cm³/mol. The fraction of sp³-hybridized carbons (Fsp3) is 0.381. The molecule has 4 nitrogen and oxygen atoms in total. The summed E-state index contributed by atoms with van der Waals surface area (Å²) < 4.78 is 13.7. The molecular formula is C21H25FN2O2. The van der Waals surface area contributed by atoms with Gasteiger partial charge < -0.3 is 15.3 Å². The lowest BCUT2D eigenvalue weighted by atomic mass is 9.96. The van der Waals surface area contributed by atoms with Crippen molar-refractivity contribution in [1.82, 2.24) is 5.32 Å². The number of nitrogens with zero attached hydrogens (tertiary/aromatic N) is 1. The summed E-state index contributed by atoms with van der Waals surface area (Å²) >= 11 is 0. The number of hydrogen-bond acceptors (Lipinski definition) is 3. The normalized spacial score (nSPS) is 16.3. The van der Waals surface area contributed by atoms with Gasteiger partial charge in [-0.2, -0.15) is 0 Å². The Hall–Kier alpha value is -2.40. The highest BCUT2D eigenvalue weighted by Crippen LogP contribution is 2.30. The third-order valence-corrected chi connectivity index (χ3v) is 5.02. The third kappa shape index (κ3) is 4.22. The second-order valence-corrected chi connectivity index (χ2v) is 6.82. The molecule has 0 bridgehead atoms. The first-order valence-electron chi connectivity index (χ1n) is 9.08. The Labute approximate surface area is 153 Å². The van der Waals surface area contributed by atoms with Gasteiger partial charge in [-0.05, 0) is 43.0 Å². The zero-order valence-corrected chi connectivity index (χ0v) is 15.0. The van der Waals surface area contributed by atoms with Crippen LogP contribution in [0.25, 0.3) is 0 Å².